The number of nitrogens with one attached hydrogen (secondary N) is 1. The molecule has 4 aliphatic carbocycles. The molecule has 2 unspecified atom stereocenters. The smallest absolute Gasteiger partial charge is 0.328 e. The van der Waals surface area contributed by atoms with Crippen LogP contribution >= 0.6 is 0 Å². The Hall–Kier alpha value is -2.08. The normalized spacial score (nSPS) is 34.3. The van der Waals surface area contributed by atoms with Gasteiger partial charge < -0.3 is 10.4 Å². The van der Waals surface area contributed by atoms with Gasteiger partial charge in [-0.05, 0) is 74.0 Å². The fourth-order valence-electron chi connectivity index (χ4n) is 6.74. The molecule has 6 nitrogen and oxygen atoms in total. The minimum absolute atomic E-state index is 0.0147. The molecule has 0 spiro atoms. The van der Waals surface area contributed by atoms with Gasteiger partial charge in [0, 0.05) is 26.2 Å². The molecular weight excluding hydrogens is 342 g/mol. The molecular formula is C21H27N3O3. The number of carbonyl (C=O) groups excluding carboxylic acids is 1. The lowest BCUT2D eigenvalue weighted by molar-refractivity contribution is -0.167. The van der Waals surface area contributed by atoms with Gasteiger partial charge in [-0.1, -0.05) is 0 Å². The Morgan fingerprint density at radius 2 is 1.81 bits per heavy atom. The molecule has 4 saturated carbocycles. The largest absolute Gasteiger partial charge is 0.390 e. The van der Waals surface area contributed by atoms with Gasteiger partial charge in [-0.15, -0.1) is 0 Å². The minimum Gasteiger partial charge on any atom is -0.390 e. The van der Waals surface area contributed by atoms with Crippen molar-refractivity contribution in [1.29, 1.82) is 0 Å². The van der Waals surface area contributed by atoms with Crippen LogP contribution in [0.25, 0.3) is 11.0 Å². The summed E-state index contributed by atoms with van der Waals surface area (Å²) in [5.41, 5.74) is 1.73. The van der Waals surface area contributed by atoms with Crippen molar-refractivity contribution in [3.05, 3.63) is 28.7 Å². The van der Waals surface area contributed by atoms with Gasteiger partial charge in [-0.25, -0.2) is 4.79 Å². The van der Waals surface area contributed by atoms with Crippen LogP contribution in [0, 0.1) is 17.3 Å². The summed E-state index contributed by atoms with van der Waals surface area (Å²) in [5.74, 6) is 1.18. The van der Waals surface area contributed by atoms with Crippen molar-refractivity contribution in [2.45, 2.75) is 50.5 Å². The van der Waals surface area contributed by atoms with Crippen molar-refractivity contribution < 1.29 is 9.90 Å². The van der Waals surface area contributed by atoms with E-state index < -0.39 is 5.60 Å². The second kappa shape index (κ2) is 5.47. The zero-order valence-electron chi connectivity index (χ0n) is 16.0. The molecule has 2 atom stereocenters. The number of nitrogens with zero attached hydrogens (tertiary/aromatic N) is 2. The van der Waals surface area contributed by atoms with Crippen LogP contribution in [0.1, 0.15) is 44.9 Å². The van der Waals surface area contributed by atoms with Gasteiger partial charge in [-0.3, -0.25) is 13.9 Å². The maximum absolute atomic E-state index is 12.8. The van der Waals surface area contributed by atoms with Crippen LogP contribution in [0.3, 0.4) is 0 Å². The van der Waals surface area contributed by atoms with Crippen LogP contribution in [-0.4, -0.2) is 25.7 Å². The topological polar surface area (TPSA) is 76.3 Å². The molecule has 1 aromatic heterocycles. The molecule has 2 aromatic rings. The second-order valence-electron chi connectivity index (χ2n) is 9.51. The number of aromatic nitrogens is 2. The molecule has 2 N–H and O–H groups in total. The lowest BCUT2D eigenvalue weighted by Gasteiger charge is -2.60. The van der Waals surface area contributed by atoms with E-state index >= 15 is 0 Å². The van der Waals surface area contributed by atoms with Gasteiger partial charge in [0.2, 0.25) is 5.91 Å². The van der Waals surface area contributed by atoms with Crippen molar-refractivity contribution in [1.82, 2.24) is 9.13 Å². The molecule has 27 heavy (non-hydrogen) atoms. The number of rotatable bonds is 3. The summed E-state index contributed by atoms with van der Waals surface area (Å²) >= 11 is 0. The highest BCUT2D eigenvalue weighted by molar-refractivity contribution is 5.93. The van der Waals surface area contributed by atoms with Crippen molar-refractivity contribution in [2.24, 2.45) is 31.3 Å². The summed E-state index contributed by atoms with van der Waals surface area (Å²) in [7, 11) is 3.49. The van der Waals surface area contributed by atoms with E-state index in [1.54, 1.807) is 23.2 Å². The zero-order valence-corrected chi connectivity index (χ0v) is 16.0. The minimum atomic E-state index is -0.536. The highest BCUT2D eigenvalue weighted by atomic mass is 16.3. The molecule has 4 bridgehead atoms. The molecule has 0 aliphatic heterocycles. The number of imidazole rings is 1. The van der Waals surface area contributed by atoms with Crippen molar-refractivity contribution in [3.8, 4) is 0 Å². The SMILES string of the molecule is Cn1c(=O)n(C)c2cc(NC(=O)CC34CC5CC(CC(O)(C5)C3)C4)ccc21. The van der Waals surface area contributed by atoms with Crippen LogP contribution in [0.5, 0.6) is 0 Å². The molecule has 6 heteroatoms. The van der Waals surface area contributed by atoms with E-state index in [9.17, 15) is 14.7 Å². The number of aryl methyl sites for hydroxylation is 2. The highest BCUT2D eigenvalue weighted by Crippen LogP contribution is 2.62. The molecule has 6 rings (SSSR count). The third-order valence-corrected chi connectivity index (χ3v) is 7.24. The van der Waals surface area contributed by atoms with E-state index in [2.05, 4.69) is 5.32 Å². The highest BCUT2D eigenvalue weighted by Gasteiger charge is 2.57. The number of hydrogen-bond donors (Lipinski definition) is 2. The first kappa shape index (κ1) is 17.0. The first-order valence-corrected chi connectivity index (χ1v) is 9.94. The summed E-state index contributed by atoms with van der Waals surface area (Å²) in [6.07, 6.45) is 6.47. The van der Waals surface area contributed by atoms with Crippen LogP contribution in [-0.2, 0) is 18.9 Å². The first-order chi connectivity index (χ1) is 12.8. The van der Waals surface area contributed by atoms with Gasteiger partial charge in [-0.2, -0.15) is 0 Å². The number of benzene rings is 1. The van der Waals surface area contributed by atoms with E-state index in [4.69, 9.17) is 0 Å². The Labute approximate surface area is 158 Å². The first-order valence-electron chi connectivity index (χ1n) is 9.94. The number of hydrogen-bond acceptors (Lipinski definition) is 3. The molecule has 4 fully saturated rings. The summed E-state index contributed by atoms with van der Waals surface area (Å²) in [6.45, 7) is 0. The van der Waals surface area contributed by atoms with Crippen LogP contribution in [0.2, 0.25) is 0 Å². The molecule has 1 heterocycles. The number of aliphatic hydroxyl groups is 1. The molecule has 4 aliphatic rings. The van der Waals surface area contributed by atoms with Crippen molar-refractivity contribution in [3.63, 3.8) is 0 Å². The van der Waals surface area contributed by atoms with Gasteiger partial charge in [0.1, 0.15) is 0 Å². The Morgan fingerprint density at radius 1 is 1.15 bits per heavy atom. The predicted molar refractivity (Wildman–Crippen MR) is 103 cm³/mol. The average molecular weight is 369 g/mol. The quantitative estimate of drug-likeness (QED) is 0.873. The Bertz CT molecular complexity index is 988. The van der Waals surface area contributed by atoms with Gasteiger partial charge in [0.25, 0.3) is 0 Å². The molecule has 1 amide bonds. The third-order valence-electron chi connectivity index (χ3n) is 7.24. The monoisotopic (exact) mass is 369 g/mol. The van der Waals surface area contributed by atoms with E-state index in [0.29, 0.717) is 18.3 Å². The Balaban J connectivity index is 1.36. The van der Waals surface area contributed by atoms with Crippen LogP contribution in [0.4, 0.5) is 5.69 Å². The van der Waals surface area contributed by atoms with Gasteiger partial charge >= 0.3 is 5.69 Å². The van der Waals surface area contributed by atoms with E-state index in [-0.39, 0.29) is 17.0 Å². The Kier molecular flexibility index (Phi) is 3.46. The maximum Gasteiger partial charge on any atom is 0.328 e. The fraction of sp³-hybridized carbons (Fsp3) is 0.619. The second-order valence-corrected chi connectivity index (χ2v) is 9.51. The molecule has 0 saturated heterocycles. The summed E-state index contributed by atoms with van der Waals surface area (Å²) in [5, 5.41) is 13.9. The maximum atomic E-state index is 12.8. The molecule has 1 aromatic carbocycles. The fourth-order valence-corrected chi connectivity index (χ4v) is 6.74. The molecule has 144 valence electrons. The van der Waals surface area contributed by atoms with E-state index in [1.165, 1.54) is 6.42 Å². The van der Waals surface area contributed by atoms with Gasteiger partial charge in [0.15, 0.2) is 0 Å². The molecule has 0 radical (unpaired) electrons. The average Bonchev–Trinajstić information content (AvgIpc) is 2.76. The van der Waals surface area contributed by atoms with Crippen molar-refractivity contribution >= 4 is 22.6 Å². The standard InChI is InChI=1S/C21H27N3O3/c1-23-16-4-3-15(6-17(16)24(2)19(23)26)22-18(25)11-20-7-13-5-14(8-20)10-21(27,9-13)12-20/h3-4,6,13-14,27H,5,7-12H2,1-2H3,(H,22,25). The van der Waals surface area contributed by atoms with Crippen LogP contribution in [0.15, 0.2) is 23.0 Å². The van der Waals surface area contributed by atoms with Crippen molar-refractivity contribution in [2.75, 3.05) is 5.32 Å². The zero-order chi connectivity index (χ0) is 19.0. The predicted octanol–water partition coefficient (Wildman–Crippen LogP) is 2.54. The summed E-state index contributed by atoms with van der Waals surface area (Å²) in [4.78, 5) is 24.9. The summed E-state index contributed by atoms with van der Waals surface area (Å²) < 4.78 is 3.21. The third kappa shape index (κ3) is 2.64. The van der Waals surface area contributed by atoms with E-state index in [1.807, 2.05) is 18.2 Å². The summed E-state index contributed by atoms with van der Waals surface area (Å²) in [6, 6.07) is 5.59. The van der Waals surface area contributed by atoms with Crippen LogP contribution < -0.4 is 11.0 Å². The van der Waals surface area contributed by atoms with Gasteiger partial charge in [0.05, 0.1) is 16.6 Å². The Morgan fingerprint density at radius 3 is 2.48 bits per heavy atom. The number of anilines is 1. The van der Waals surface area contributed by atoms with E-state index in [0.717, 1.165) is 48.8 Å². The number of fused-ring (bicyclic) bond motifs is 1. The lowest BCUT2D eigenvalue weighted by Crippen LogP contribution is -2.56. The lowest BCUT2D eigenvalue weighted by atomic mass is 9.47. The number of amides is 1. The number of carbonyl (C=O) groups is 1.